The summed E-state index contributed by atoms with van der Waals surface area (Å²) in [6.45, 7) is 6.99. The van der Waals surface area contributed by atoms with E-state index in [9.17, 15) is 8.42 Å². The van der Waals surface area contributed by atoms with Crippen LogP contribution in [-0.2, 0) is 19.0 Å². The molecule has 0 fully saturated rings. The van der Waals surface area contributed by atoms with Crippen molar-refractivity contribution >= 4 is 10.1 Å². The largest absolute Gasteiger partial charge is 0.377 e. The van der Waals surface area contributed by atoms with Gasteiger partial charge in [-0.2, -0.15) is 8.42 Å². The molecule has 0 unspecified atom stereocenters. The van der Waals surface area contributed by atoms with Crippen molar-refractivity contribution in [2.45, 2.75) is 19.8 Å². The second kappa shape index (κ2) is 6.98. The van der Waals surface area contributed by atoms with Gasteiger partial charge >= 0.3 is 0 Å². The van der Waals surface area contributed by atoms with E-state index in [2.05, 4.69) is 10.8 Å². The van der Waals surface area contributed by atoms with Crippen LogP contribution in [0.1, 0.15) is 19.8 Å². The van der Waals surface area contributed by atoms with Crippen LogP contribution in [-0.4, -0.2) is 34.5 Å². The van der Waals surface area contributed by atoms with Gasteiger partial charge in [0.25, 0.3) is 10.1 Å². The van der Waals surface area contributed by atoms with Crippen molar-refractivity contribution in [2.75, 3.05) is 26.1 Å². The van der Waals surface area contributed by atoms with Gasteiger partial charge in [0.2, 0.25) is 0 Å². The van der Waals surface area contributed by atoms with Crippen molar-refractivity contribution in [3.63, 3.8) is 0 Å². The van der Waals surface area contributed by atoms with E-state index in [1.165, 1.54) is 0 Å². The Kier molecular flexibility index (Phi) is 6.78. The van der Waals surface area contributed by atoms with Crippen molar-refractivity contribution in [3.05, 3.63) is 12.2 Å². The quantitative estimate of drug-likeness (QED) is 0.353. The second-order valence-electron chi connectivity index (χ2n) is 3.24. The Morgan fingerprint density at radius 2 is 1.86 bits per heavy atom. The highest BCUT2D eigenvalue weighted by molar-refractivity contribution is 7.85. The van der Waals surface area contributed by atoms with E-state index in [1.54, 1.807) is 0 Å². The first kappa shape index (κ1) is 13.6. The van der Waals surface area contributed by atoms with Crippen LogP contribution >= 0.6 is 0 Å². The molecule has 84 valence electrons. The zero-order valence-corrected chi connectivity index (χ0v) is 9.60. The average Bonchev–Trinajstić information content (AvgIpc) is 2.00. The van der Waals surface area contributed by atoms with E-state index in [4.69, 9.17) is 4.74 Å². The van der Waals surface area contributed by atoms with Gasteiger partial charge in [0, 0.05) is 6.61 Å². The van der Waals surface area contributed by atoms with Gasteiger partial charge in [0.1, 0.15) is 0 Å². The summed E-state index contributed by atoms with van der Waals surface area (Å²) in [5.41, 5.74) is 0.984. The Morgan fingerprint density at radius 3 is 2.36 bits per heavy atom. The van der Waals surface area contributed by atoms with Crippen LogP contribution in [0.4, 0.5) is 0 Å². The van der Waals surface area contributed by atoms with E-state index in [-0.39, 0.29) is 6.61 Å². The Balaban J connectivity index is 3.19. The van der Waals surface area contributed by atoms with Gasteiger partial charge in [-0.1, -0.05) is 12.2 Å². The highest BCUT2D eigenvalue weighted by Gasteiger charge is 1.99. The highest BCUT2D eigenvalue weighted by atomic mass is 32.2. The summed E-state index contributed by atoms with van der Waals surface area (Å²) in [5, 5.41) is 0. The molecule has 0 aliphatic heterocycles. The maximum absolute atomic E-state index is 10.5. The van der Waals surface area contributed by atoms with Crippen molar-refractivity contribution in [3.8, 4) is 0 Å². The standard InChI is InChI=1S/C9H18O4S/c1-9(2)8-12-6-4-5-7-13-14(3,10)11/h1,4-8H2,2-3H3. The summed E-state index contributed by atoms with van der Waals surface area (Å²) in [6.07, 6.45) is 2.52. The molecule has 0 atom stereocenters. The average molecular weight is 222 g/mol. The lowest BCUT2D eigenvalue weighted by atomic mass is 10.3. The van der Waals surface area contributed by atoms with Gasteiger partial charge in [-0.25, -0.2) is 0 Å². The van der Waals surface area contributed by atoms with E-state index < -0.39 is 10.1 Å². The summed E-state index contributed by atoms with van der Waals surface area (Å²) in [6, 6.07) is 0. The summed E-state index contributed by atoms with van der Waals surface area (Å²) in [4.78, 5) is 0. The van der Waals surface area contributed by atoms with E-state index in [0.717, 1.165) is 18.2 Å². The first-order valence-electron chi connectivity index (χ1n) is 4.48. The fourth-order valence-corrected chi connectivity index (χ4v) is 1.18. The van der Waals surface area contributed by atoms with Crippen LogP contribution in [0.15, 0.2) is 12.2 Å². The molecule has 0 bridgehead atoms. The minimum absolute atomic E-state index is 0.231. The lowest BCUT2D eigenvalue weighted by Crippen LogP contribution is -2.05. The molecule has 0 radical (unpaired) electrons. The molecule has 0 N–H and O–H groups in total. The molecule has 0 saturated heterocycles. The number of ether oxygens (including phenoxy) is 1. The van der Waals surface area contributed by atoms with Crippen LogP contribution in [0, 0.1) is 0 Å². The molecule has 4 nitrogen and oxygen atoms in total. The Hall–Kier alpha value is -0.390. The fraction of sp³-hybridized carbons (Fsp3) is 0.778. The monoisotopic (exact) mass is 222 g/mol. The SMILES string of the molecule is C=C(C)COCCCCOS(C)(=O)=O. The van der Waals surface area contributed by atoms with Crippen molar-refractivity contribution in [2.24, 2.45) is 0 Å². The molecule has 0 aromatic carbocycles. The number of hydrogen-bond donors (Lipinski definition) is 0. The van der Waals surface area contributed by atoms with Gasteiger partial charge in [-0.3, -0.25) is 4.18 Å². The summed E-state index contributed by atoms with van der Waals surface area (Å²) in [5.74, 6) is 0. The van der Waals surface area contributed by atoms with Crippen molar-refractivity contribution in [1.29, 1.82) is 0 Å². The Labute approximate surface area is 86.0 Å². The number of unbranched alkanes of at least 4 members (excludes halogenated alkanes) is 1. The lowest BCUT2D eigenvalue weighted by Gasteiger charge is -2.03. The first-order valence-corrected chi connectivity index (χ1v) is 6.30. The number of hydrogen-bond acceptors (Lipinski definition) is 4. The molecule has 0 aromatic heterocycles. The molecule has 5 heteroatoms. The maximum atomic E-state index is 10.5. The number of rotatable bonds is 8. The Bertz CT molecular complexity index is 256. The second-order valence-corrected chi connectivity index (χ2v) is 4.89. The minimum atomic E-state index is -3.29. The van der Waals surface area contributed by atoms with Crippen LogP contribution < -0.4 is 0 Å². The first-order chi connectivity index (χ1) is 6.42. The molecule has 0 rings (SSSR count). The predicted molar refractivity (Wildman–Crippen MR) is 55.7 cm³/mol. The Morgan fingerprint density at radius 1 is 1.29 bits per heavy atom. The van der Waals surface area contributed by atoms with Crippen LogP contribution in [0.25, 0.3) is 0 Å². The molecule has 0 spiro atoms. The van der Waals surface area contributed by atoms with Crippen LogP contribution in [0.2, 0.25) is 0 Å². The van der Waals surface area contributed by atoms with E-state index in [1.807, 2.05) is 6.92 Å². The smallest absolute Gasteiger partial charge is 0.264 e. The van der Waals surface area contributed by atoms with Crippen LogP contribution in [0.5, 0.6) is 0 Å². The summed E-state index contributed by atoms with van der Waals surface area (Å²) in [7, 11) is -3.29. The van der Waals surface area contributed by atoms with Crippen molar-refractivity contribution < 1.29 is 17.3 Å². The summed E-state index contributed by atoms with van der Waals surface area (Å²) < 4.78 is 30.9. The molecule has 0 heterocycles. The van der Waals surface area contributed by atoms with Gasteiger partial charge in [-0.15, -0.1) is 0 Å². The van der Waals surface area contributed by atoms with Gasteiger partial charge < -0.3 is 4.74 Å². The molecule has 14 heavy (non-hydrogen) atoms. The molecule has 0 amide bonds. The molecule has 0 saturated carbocycles. The molecule has 0 aliphatic carbocycles. The summed E-state index contributed by atoms with van der Waals surface area (Å²) >= 11 is 0. The predicted octanol–water partition coefficient (Wildman–Crippen LogP) is 1.34. The van der Waals surface area contributed by atoms with Gasteiger partial charge in [0.15, 0.2) is 0 Å². The third kappa shape index (κ3) is 11.6. The van der Waals surface area contributed by atoms with Crippen LogP contribution in [0.3, 0.4) is 0 Å². The van der Waals surface area contributed by atoms with Gasteiger partial charge in [0.05, 0.1) is 19.5 Å². The molecular weight excluding hydrogens is 204 g/mol. The molecule has 0 aliphatic rings. The van der Waals surface area contributed by atoms with Crippen molar-refractivity contribution in [1.82, 2.24) is 0 Å². The van der Waals surface area contributed by atoms with E-state index in [0.29, 0.717) is 19.6 Å². The topological polar surface area (TPSA) is 52.6 Å². The fourth-order valence-electron chi connectivity index (χ4n) is 0.763. The van der Waals surface area contributed by atoms with E-state index >= 15 is 0 Å². The molecular formula is C9H18O4S. The maximum Gasteiger partial charge on any atom is 0.264 e. The third-order valence-corrected chi connectivity index (χ3v) is 1.92. The molecule has 0 aromatic rings. The minimum Gasteiger partial charge on any atom is -0.377 e. The normalized spacial score (nSPS) is 11.6. The zero-order chi connectivity index (χ0) is 11.0. The lowest BCUT2D eigenvalue weighted by molar-refractivity contribution is 0.147. The van der Waals surface area contributed by atoms with Gasteiger partial charge in [-0.05, 0) is 19.8 Å². The zero-order valence-electron chi connectivity index (χ0n) is 8.78. The highest BCUT2D eigenvalue weighted by Crippen LogP contribution is 1.96. The third-order valence-electron chi connectivity index (χ3n) is 1.33.